The van der Waals surface area contributed by atoms with Gasteiger partial charge in [0, 0.05) is 12.7 Å². The lowest BCUT2D eigenvalue weighted by Crippen LogP contribution is -2.03. The molecule has 0 amide bonds. The summed E-state index contributed by atoms with van der Waals surface area (Å²) in [6.07, 6.45) is 2.71. The lowest BCUT2D eigenvalue weighted by atomic mass is 10.2. The number of pyridine rings is 1. The molecule has 0 unspecified atom stereocenters. The van der Waals surface area contributed by atoms with E-state index >= 15 is 0 Å². The molecule has 0 aromatic carbocycles. The molecule has 13 heavy (non-hydrogen) atoms. The third-order valence-corrected chi connectivity index (χ3v) is 1.75. The van der Waals surface area contributed by atoms with Crippen molar-refractivity contribution >= 4 is 5.71 Å². The van der Waals surface area contributed by atoms with Gasteiger partial charge in [0.1, 0.15) is 0 Å². The monoisotopic (exact) mass is 177 g/mol. The number of hydrogen-bond donors (Lipinski definition) is 1. The number of nitrogens with two attached hydrogens (primary N) is 1. The highest BCUT2D eigenvalue weighted by molar-refractivity contribution is 5.96. The number of nitrogens with zero attached hydrogens (tertiary/aromatic N) is 2. The highest BCUT2D eigenvalue weighted by atomic mass is 14.8. The molecule has 0 aliphatic carbocycles. The molecule has 1 aromatic heterocycles. The van der Waals surface area contributed by atoms with Crippen LogP contribution < -0.4 is 5.73 Å². The Bertz CT molecular complexity index is 267. The topological polar surface area (TPSA) is 51.3 Å². The van der Waals surface area contributed by atoms with Crippen molar-refractivity contribution in [1.82, 2.24) is 4.98 Å². The summed E-state index contributed by atoms with van der Waals surface area (Å²) < 4.78 is 0. The number of aliphatic imine (C=N–C) groups is 1. The van der Waals surface area contributed by atoms with E-state index in [1.807, 2.05) is 25.1 Å². The number of hydrogen-bond acceptors (Lipinski definition) is 3. The molecular weight excluding hydrogens is 162 g/mol. The van der Waals surface area contributed by atoms with Crippen LogP contribution in [0.25, 0.3) is 0 Å². The predicted octanol–water partition coefficient (Wildman–Crippen LogP) is 1.24. The summed E-state index contributed by atoms with van der Waals surface area (Å²) in [6, 6.07) is 5.82. The zero-order valence-electron chi connectivity index (χ0n) is 7.90. The van der Waals surface area contributed by atoms with Gasteiger partial charge in [0.15, 0.2) is 0 Å². The Morgan fingerprint density at radius 1 is 1.54 bits per heavy atom. The molecule has 0 saturated carbocycles. The van der Waals surface area contributed by atoms with E-state index in [9.17, 15) is 0 Å². The summed E-state index contributed by atoms with van der Waals surface area (Å²) in [5.74, 6) is 0. The maximum Gasteiger partial charge on any atom is 0.0836 e. The summed E-state index contributed by atoms with van der Waals surface area (Å²) in [4.78, 5) is 8.55. The molecule has 2 N–H and O–H groups in total. The van der Waals surface area contributed by atoms with Gasteiger partial charge in [-0.15, -0.1) is 0 Å². The summed E-state index contributed by atoms with van der Waals surface area (Å²) >= 11 is 0. The van der Waals surface area contributed by atoms with Crippen molar-refractivity contribution in [3.05, 3.63) is 30.1 Å². The normalized spacial score (nSPS) is 11.7. The van der Waals surface area contributed by atoms with E-state index in [-0.39, 0.29) is 0 Å². The van der Waals surface area contributed by atoms with Crippen LogP contribution in [0.4, 0.5) is 0 Å². The maximum atomic E-state index is 5.37. The summed E-state index contributed by atoms with van der Waals surface area (Å²) in [6.45, 7) is 3.46. The molecule has 3 heteroatoms. The van der Waals surface area contributed by atoms with Gasteiger partial charge in [0.2, 0.25) is 0 Å². The molecule has 0 spiro atoms. The standard InChI is InChI=1S/C10H15N3/c1-9(12-8-4-6-11)10-5-2-3-7-13-10/h2-3,5,7H,4,6,8,11H2,1H3. The van der Waals surface area contributed by atoms with E-state index in [2.05, 4.69) is 9.98 Å². The third-order valence-electron chi connectivity index (χ3n) is 1.75. The quantitative estimate of drug-likeness (QED) is 0.555. The zero-order valence-corrected chi connectivity index (χ0v) is 7.90. The van der Waals surface area contributed by atoms with Gasteiger partial charge in [0.05, 0.1) is 11.4 Å². The van der Waals surface area contributed by atoms with Crippen molar-refractivity contribution < 1.29 is 0 Å². The highest BCUT2D eigenvalue weighted by Gasteiger charge is 1.95. The SMILES string of the molecule is CC(=NCCCN)c1ccccn1. The lowest BCUT2D eigenvalue weighted by molar-refractivity contribution is 0.844. The molecule has 70 valence electrons. The van der Waals surface area contributed by atoms with Crippen LogP contribution in [0.5, 0.6) is 0 Å². The van der Waals surface area contributed by atoms with Gasteiger partial charge in [0.25, 0.3) is 0 Å². The lowest BCUT2D eigenvalue weighted by Gasteiger charge is -1.98. The fraction of sp³-hybridized carbons (Fsp3) is 0.400. The minimum absolute atomic E-state index is 0.693. The maximum absolute atomic E-state index is 5.37. The van der Waals surface area contributed by atoms with E-state index in [0.29, 0.717) is 6.54 Å². The minimum atomic E-state index is 0.693. The zero-order chi connectivity index (χ0) is 9.52. The predicted molar refractivity (Wildman–Crippen MR) is 55.0 cm³/mol. The van der Waals surface area contributed by atoms with E-state index in [4.69, 9.17) is 5.73 Å². The Morgan fingerprint density at radius 2 is 2.38 bits per heavy atom. The smallest absolute Gasteiger partial charge is 0.0836 e. The largest absolute Gasteiger partial charge is 0.330 e. The van der Waals surface area contributed by atoms with E-state index in [0.717, 1.165) is 24.4 Å². The molecule has 0 fully saturated rings. The summed E-state index contributed by atoms with van der Waals surface area (Å²) in [7, 11) is 0. The van der Waals surface area contributed by atoms with Gasteiger partial charge >= 0.3 is 0 Å². The third kappa shape index (κ3) is 3.34. The molecule has 0 aliphatic rings. The fourth-order valence-electron chi connectivity index (χ4n) is 0.996. The molecule has 1 heterocycles. The van der Waals surface area contributed by atoms with Crippen LogP contribution in [0, 0.1) is 0 Å². The van der Waals surface area contributed by atoms with Crippen molar-refractivity contribution in [2.24, 2.45) is 10.7 Å². The van der Waals surface area contributed by atoms with Crippen LogP contribution in [0.2, 0.25) is 0 Å². The molecular formula is C10H15N3. The molecule has 0 atom stereocenters. The Balaban J connectivity index is 2.57. The van der Waals surface area contributed by atoms with E-state index < -0.39 is 0 Å². The Morgan fingerprint density at radius 3 is 3.00 bits per heavy atom. The second-order valence-electron chi connectivity index (χ2n) is 2.82. The highest BCUT2D eigenvalue weighted by Crippen LogP contribution is 1.96. The fourth-order valence-corrected chi connectivity index (χ4v) is 0.996. The summed E-state index contributed by atoms with van der Waals surface area (Å²) in [5, 5.41) is 0. The van der Waals surface area contributed by atoms with Crippen LogP contribution in [0.1, 0.15) is 19.0 Å². The van der Waals surface area contributed by atoms with Gasteiger partial charge in [-0.1, -0.05) is 6.07 Å². The van der Waals surface area contributed by atoms with E-state index in [1.54, 1.807) is 6.20 Å². The first-order valence-corrected chi connectivity index (χ1v) is 4.47. The average molecular weight is 177 g/mol. The number of aromatic nitrogens is 1. The Kier molecular flexibility index (Phi) is 4.12. The molecule has 1 rings (SSSR count). The Labute approximate surface area is 78.7 Å². The second-order valence-corrected chi connectivity index (χ2v) is 2.82. The second kappa shape index (κ2) is 5.43. The van der Waals surface area contributed by atoms with E-state index in [1.165, 1.54) is 0 Å². The van der Waals surface area contributed by atoms with Crippen LogP contribution in [-0.4, -0.2) is 23.8 Å². The molecule has 3 nitrogen and oxygen atoms in total. The Hall–Kier alpha value is -1.22. The van der Waals surface area contributed by atoms with Crippen molar-refractivity contribution in [3.8, 4) is 0 Å². The summed E-state index contributed by atoms with van der Waals surface area (Å²) in [5.41, 5.74) is 7.29. The van der Waals surface area contributed by atoms with Crippen LogP contribution in [-0.2, 0) is 0 Å². The van der Waals surface area contributed by atoms with Crippen molar-refractivity contribution in [2.75, 3.05) is 13.1 Å². The average Bonchev–Trinajstić information content (AvgIpc) is 2.19. The van der Waals surface area contributed by atoms with Gasteiger partial charge in [-0.05, 0) is 32.0 Å². The number of rotatable bonds is 4. The minimum Gasteiger partial charge on any atom is -0.330 e. The molecule has 0 aliphatic heterocycles. The van der Waals surface area contributed by atoms with Crippen LogP contribution in [0.3, 0.4) is 0 Å². The first-order valence-electron chi connectivity index (χ1n) is 4.47. The molecule has 0 saturated heterocycles. The van der Waals surface area contributed by atoms with Gasteiger partial charge in [-0.2, -0.15) is 0 Å². The van der Waals surface area contributed by atoms with Gasteiger partial charge < -0.3 is 5.73 Å². The first kappa shape index (κ1) is 9.86. The molecule has 0 bridgehead atoms. The molecule has 1 aromatic rings. The van der Waals surface area contributed by atoms with Gasteiger partial charge in [-0.3, -0.25) is 9.98 Å². The first-order chi connectivity index (χ1) is 6.34. The van der Waals surface area contributed by atoms with Crippen molar-refractivity contribution in [1.29, 1.82) is 0 Å². The van der Waals surface area contributed by atoms with Crippen molar-refractivity contribution in [2.45, 2.75) is 13.3 Å². The molecule has 0 radical (unpaired) electrons. The van der Waals surface area contributed by atoms with Crippen molar-refractivity contribution in [3.63, 3.8) is 0 Å². The van der Waals surface area contributed by atoms with Crippen LogP contribution in [0.15, 0.2) is 29.4 Å². The van der Waals surface area contributed by atoms with Gasteiger partial charge in [-0.25, -0.2) is 0 Å². The van der Waals surface area contributed by atoms with Crippen LogP contribution >= 0.6 is 0 Å².